The Bertz CT molecular complexity index is 553. The maximum absolute atomic E-state index is 11.9. The molecular weight excluding hydrogens is 262 g/mol. The molecule has 106 valence electrons. The molecule has 0 heterocycles. The van der Waals surface area contributed by atoms with E-state index in [2.05, 4.69) is 16.5 Å². The molecule has 1 fully saturated rings. The summed E-state index contributed by atoms with van der Waals surface area (Å²) in [4.78, 5) is 2.49. The number of nitrogen functional groups attached to an aromatic ring is 1. The van der Waals surface area contributed by atoms with Crippen molar-refractivity contribution in [2.75, 3.05) is 24.2 Å². The van der Waals surface area contributed by atoms with Gasteiger partial charge >= 0.3 is 0 Å². The Morgan fingerprint density at radius 2 is 2.11 bits per heavy atom. The number of anilines is 2. The van der Waals surface area contributed by atoms with Gasteiger partial charge in [-0.3, -0.25) is 0 Å². The Kier molecular flexibility index (Phi) is 4.01. The lowest BCUT2D eigenvalue weighted by atomic mass is 10.2. The third-order valence-electron chi connectivity index (χ3n) is 3.34. The smallest absolute Gasteiger partial charge is 0.240 e. The van der Waals surface area contributed by atoms with Gasteiger partial charge in [-0.1, -0.05) is 6.92 Å². The summed E-state index contributed by atoms with van der Waals surface area (Å²) in [6, 6.07) is 5.40. The Hall–Kier alpha value is -1.27. The van der Waals surface area contributed by atoms with Crippen molar-refractivity contribution in [3.63, 3.8) is 0 Å². The van der Waals surface area contributed by atoms with Crippen LogP contribution in [0.1, 0.15) is 26.2 Å². The van der Waals surface area contributed by atoms with E-state index in [1.165, 1.54) is 7.05 Å². The van der Waals surface area contributed by atoms with Crippen LogP contribution in [-0.4, -0.2) is 28.1 Å². The molecule has 3 N–H and O–H groups in total. The van der Waals surface area contributed by atoms with Crippen molar-refractivity contribution in [3.8, 4) is 0 Å². The maximum Gasteiger partial charge on any atom is 0.240 e. The van der Waals surface area contributed by atoms with Gasteiger partial charge in [0.15, 0.2) is 0 Å². The highest BCUT2D eigenvalue weighted by Gasteiger charge is 2.30. The van der Waals surface area contributed by atoms with E-state index in [9.17, 15) is 8.42 Å². The Balaban J connectivity index is 2.41. The van der Waals surface area contributed by atoms with E-state index < -0.39 is 10.0 Å². The average molecular weight is 283 g/mol. The third-order valence-corrected chi connectivity index (χ3v) is 4.75. The van der Waals surface area contributed by atoms with Gasteiger partial charge in [-0.2, -0.15) is 0 Å². The van der Waals surface area contributed by atoms with E-state index >= 15 is 0 Å². The maximum atomic E-state index is 11.9. The van der Waals surface area contributed by atoms with Crippen LogP contribution in [0, 0.1) is 0 Å². The van der Waals surface area contributed by atoms with Crippen molar-refractivity contribution in [2.24, 2.45) is 0 Å². The summed E-state index contributed by atoms with van der Waals surface area (Å²) in [5, 5.41) is 0. The monoisotopic (exact) mass is 283 g/mol. The summed E-state index contributed by atoms with van der Waals surface area (Å²) < 4.78 is 26.1. The van der Waals surface area contributed by atoms with Crippen molar-refractivity contribution in [3.05, 3.63) is 18.2 Å². The first-order valence-electron chi connectivity index (χ1n) is 6.59. The highest BCUT2D eigenvalue weighted by atomic mass is 32.2. The Morgan fingerprint density at radius 3 is 2.63 bits per heavy atom. The molecule has 19 heavy (non-hydrogen) atoms. The molecule has 5 nitrogen and oxygen atoms in total. The zero-order chi connectivity index (χ0) is 14.0. The number of hydrogen-bond donors (Lipinski definition) is 2. The lowest BCUT2D eigenvalue weighted by Crippen LogP contribution is -2.28. The molecule has 2 rings (SSSR count). The molecule has 1 saturated carbocycles. The number of benzene rings is 1. The minimum atomic E-state index is -3.42. The highest BCUT2D eigenvalue weighted by molar-refractivity contribution is 7.89. The van der Waals surface area contributed by atoms with Gasteiger partial charge in [0.05, 0.1) is 16.3 Å². The number of nitrogens with zero attached hydrogens (tertiary/aromatic N) is 1. The molecule has 1 aromatic rings. The summed E-state index contributed by atoms with van der Waals surface area (Å²) in [7, 11) is -2.01. The quantitative estimate of drug-likeness (QED) is 0.777. The molecule has 6 heteroatoms. The van der Waals surface area contributed by atoms with E-state index in [4.69, 9.17) is 5.73 Å². The fraction of sp³-hybridized carbons (Fsp3) is 0.538. The van der Waals surface area contributed by atoms with Crippen LogP contribution >= 0.6 is 0 Å². The predicted octanol–water partition coefficient (Wildman–Crippen LogP) is 1.56. The summed E-state index contributed by atoms with van der Waals surface area (Å²) in [5.41, 5.74) is 7.48. The molecule has 0 unspecified atom stereocenters. The molecule has 0 aliphatic heterocycles. The highest BCUT2D eigenvalue weighted by Crippen LogP contribution is 2.36. The summed E-state index contributed by atoms with van der Waals surface area (Å²) >= 11 is 0. The lowest BCUT2D eigenvalue weighted by Gasteiger charge is -2.26. The first-order valence-corrected chi connectivity index (χ1v) is 8.07. The second-order valence-corrected chi connectivity index (χ2v) is 6.74. The van der Waals surface area contributed by atoms with E-state index in [-0.39, 0.29) is 4.90 Å². The van der Waals surface area contributed by atoms with Crippen LogP contribution in [0.4, 0.5) is 11.4 Å². The Morgan fingerprint density at radius 1 is 1.42 bits per heavy atom. The SMILES string of the molecule is CCCN(c1cc(S(=O)(=O)NC)ccc1N)C1CC1. The largest absolute Gasteiger partial charge is 0.397 e. The molecule has 0 radical (unpaired) electrons. The molecule has 0 spiro atoms. The van der Waals surface area contributed by atoms with Gasteiger partial charge in [0.25, 0.3) is 0 Å². The van der Waals surface area contributed by atoms with Gasteiger partial charge < -0.3 is 10.6 Å². The van der Waals surface area contributed by atoms with Gasteiger partial charge in [-0.25, -0.2) is 13.1 Å². The Labute approximate surface area is 114 Å². The molecule has 0 amide bonds. The summed E-state index contributed by atoms with van der Waals surface area (Å²) in [5.74, 6) is 0. The van der Waals surface area contributed by atoms with E-state index in [1.54, 1.807) is 18.2 Å². The molecule has 1 aliphatic carbocycles. The minimum Gasteiger partial charge on any atom is -0.397 e. The first-order chi connectivity index (χ1) is 8.99. The number of hydrogen-bond acceptors (Lipinski definition) is 4. The topological polar surface area (TPSA) is 75.4 Å². The molecule has 0 bridgehead atoms. The molecule has 1 aromatic carbocycles. The summed E-state index contributed by atoms with van der Waals surface area (Å²) in [6.45, 7) is 3.01. The van der Waals surface area contributed by atoms with Crippen molar-refractivity contribution in [1.82, 2.24) is 4.72 Å². The number of nitrogens with two attached hydrogens (primary N) is 1. The van der Waals surface area contributed by atoms with E-state index in [0.29, 0.717) is 11.7 Å². The number of sulfonamides is 1. The van der Waals surface area contributed by atoms with Crippen molar-refractivity contribution < 1.29 is 8.42 Å². The van der Waals surface area contributed by atoms with Gasteiger partial charge in [0, 0.05) is 12.6 Å². The second-order valence-electron chi connectivity index (χ2n) is 4.85. The molecule has 0 saturated heterocycles. The lowest BCUT2D eigenvalue weighted by molar-refractivity contribution is 0.588. The van der Waals surface area contributed by atoms with Gasteiger partial charge in [0.1, 0.15) is 0 Å². The van der Waals surface area contributed by atoms with Crippen LogP contribution in [0.15, 0.2) is 23.1 Å². The summed E-state index contributed by atoms with van der Waals surface area (Å²) in [6.07, 6.45) is 3.32. The normalized spacial score (nSPS) is 15.5. The standard InChI is InChI=1S/C13H21N3O2S/c1-3-8-16(10-4-5-10)13-9-11(6-7-12(13)14)19(17,18)15-2/h6-7,9-10,15H,3-5,8,14H2,1-2H3. The van der Waals surface area contributed by atoms with Crippen LogP contribution in [0.25, 0.3) is 0 Å². The van der Waals surface area contributed by atoms with Gasteiger partial charge in [-0.05, 0) is 44.5 Å². The van der Waals surface area contributed by atoms with E-state index in [1.807, 2.05) is 0 Å². The second kappa shape index (κ2) is 5.38. The van der Waals surface area contributed by atoms with Crippen molar-refractivity contribution >= 4 is 21.4 Å². The molecular formula is C13H21N3O2S. The first kappa shape index (κ1) is 14.1. The number of rotatable bonds is 6. The van der Waals surface area contributed by atoms with Gasteiger partial charge in [0.2, 0.25) is 10.0 Å². The van der Waals surface area contributed by atoms with E-state index in [0.717, 1.165) is 31.5 Å². The average Bonchev–Trinajstić information content (AvgIpc) is 3.21. The minimum absolute atomic E-state index is 0.265. The van der Waals surface area contributed by atoms with Crippen LogP contribution < -0.4 is 15.4 Å². The van der Waals surface area contributed by atoms with Crippen molar-refractivity contribution in [1.29, 1.82) is 0 Å². The zero-order valence-electron chi connectivity index (χ0n) is 11.4. The fourth-order valence-electron chi connectivity index (χ4n) is 2.18. The predicted molar refractivity (Wildman–Crippen MR) is 77.8 cm³/mol. The number of nitrogens with one attached hydrogen (secondary N) is 1. The van der Waals surface area contributed by atoms with Crippen LogP contribution in [-0.2, 0) is 10.0 Å². The van der Waals surface area contributed by atoms with Crippen LogP contribution in [0.5, 0.6) is 0 Å². The van der Waals surface area contributed by atoms with Crippen LogP contribution in [0.3, 0.4) is 0 Å². The third kappa shape index (κ3) is 3.01. The van der Waals surface area contributed by atoms with Crippen molar-refractivity contribution in [2.45, 2.75) is 37.1 Å². The molecule has 0 aromatic heterocycles. The molecule has 0 atom stereocenters. The molecule has 1 aliphatic rings. The van der Waals surface area contributed by atoms with Crippen LogP contribution in [0.2, 0.25) is 0 Å². The zero-order valence-corrected chi connectivity index (χ0v) is 12.2. The van der Waals surface area contributed by atoms with Gasteiger partial charge in [-0.15, -0.1) is 0 Å². The fourth-order valence-corrected chi connectivity index (χ4v) is 2.93.